The Balaban J connectivity index is 2.19. The number of hydrogen-bond acceptors (Lipinski definition) is 5. The molecule has 0 fully saturated rings. The molecule has 0 unspecified atom stereocenters. The first-order valence-corrected chi connectivity index (χ1v) is 7.34. The summed E-state index contributed by atoms with van der Waals surface area (Å²) in [5.74, 6) is 0.366. The summed E-state index contributed by atoms with van der Waals surface area (Å²) in [6.07, 6.45) is 0. The van der Waals surface area contributed by atoms with Gasteiger partial charge in [-0.1, -0.05) is 11.2 Å². The van der Waals surface area contributed by atoms with Crippen LogP contribution in [0.1, 0.15) is 0 Å². The van der Waals surface area contributed by atoms with Crippen molar-refractivity contribution in [1.82, 2.24) is 5.16 Å². The van der Waals surface area contributed by atoms with Crippen molar-refractivity contribution in [2.45, 2.75) is 0 Å². The van der Waals surface area contributed by atoms with Crippen LogP contribution >= 0.6 is 38.6 Å². The molecule has 0 saturated carbocycles. The maximum Gasteiger partial charge on any atom is 0.231 e. The summed E-state index contributed by atoms with van der Waals surface area (Å²) >= 11 is 6.68. The molecule has 0 atom stereocenters. The quantitative estimate of drug-likeness (QED) is 0.755. The summed E-state index contributed by atoms with van der Waals surface area (Å²) < 4.78 is 6.17. The number of nitrogens with zero attached hydrogens (tertiary/aromatic N) is 1. The van der Waals surface area contributed by atoms with E-state index in [-0.39, 0.29) is 0 Å². The van der Waals surface area contributed by atoms with Crippen molar-refractivity contribution in [3.05, 3.63) is 32.7 Å². The van der Waals surface area contributed by atoms with Crippen LogP contribution in [0, 0.1) is 0 Å². The summed E-state index contributed by atoms with van der Waals surface area (Å²) in [5, 5.41) is 8.08. The lowest BCUT2D eigenvalue weighted by atomic mass is 10.1. The molecule has 3 aromatic heterocycles. The van der Waals surface area contributed by atoms with Gasteiger partial charge >= 0.3 is 0 Å². The second-order valence-corrected chi connectivity index (χ2v) is 6.63. The number of nitrogen functional groups attached to an aromatic ring is 1. The van der Waals surface area contributed by atoms with Gasteiger partial charge in [0.25, 0.3) is 0 Å². The predicted octanol–water partition coefficient (Wildman–Crippen LogP) is 4.48. The Morgan fingerprint density at radius 1 is 1.35 bits per heavy atom. The van der Waals surface area contributed by atoms with Gasteiger partial charge in [-0.25, -0.2) is 0 Å². The number of nitrogens with two attached hydrogens (primary N) is 1. The summed E-state index contributed by atoms with van der Waals surface area (Å²) in [4.78, 5) is 1.07. The van der Waals surface area contributed by atoms with Gasteiger partial charge in [0.1, 0.15) is 5.69 Å². The van der Waals surface area contributed by atoms with Crippen LogP contribution in [0.5, 0.6) is 0 Å². The normalized spacial score (nSPS) is 10.9. The van der Waals surface area contributed by atoms with Gasteiger partial charge in [-0.05, 0) is 33.4 Å². The molecule has 6 heteroatoms. The smallest absolute Gasteiger partial charge is 0.231 e. The van der Waals surface area contributed by atoms with E-state index in [1.165, 1.54) is 0 Å². The van der Waals surface area contributed by atoms with Crippen molar-refractivity contribution in [2.24, 2.45) is 0 Å². The van der Waals surface area contributed by atoms with Gasteiger partial charge in [0, 0.05) is 15.8 Å². The molecule has 3 heterocycles. The molecular formula is C11H7BrN2OS2. The van der Waals surface area contributed by atoms with Crippen LogP contribution in [0.4, 0.5) is 5.88 Å². The van der Waals surface area contributed by atoms with Crippen molar-refractivity contribution < 1.29 is 4.52 Å². The molecule has 2 N–H and O–H groups in total. The van der Waals surface area contributed by atoms with E-state index in [0.29, 0.717) is 5.88 Å². The molecule has 0 aromatic carbocycles. The Kier molecular flexibility index (Phi) is 2.78. The molecule has 3 nitrogen and oxygen atoms in total. The van der Waals surface area contributed by atoms with Crippen LogP contribution in [0.3, 0.4) is 0 Å². The fourth-order valence-electron chi connectivity index (χ4n) is 1.59. The van der Waals surface area contributed by atoms with E-state index in [1.54, 1.807) is 22.7 Å². The molecule has 0 radical (unpaired) electrons. The molecule has 0 spiro atoms. The number of anilines is 1. The number of rotatable bonds is 2. The highest BCUT2D eigenvalue weighted by Gasteiger charge is 2.18. The molecule has 3 rings (SSSR count). The third kappa shape index (κ3) is 1.92. The third-order valence-electron chi connectivity index (χ3n) is 2.33. The van der Waals surface area contributed by atoms with Crippen molar-refractivity contribution in [1.29, 1.82) is 0 Å². The van der Waals surface area contributed by atoms with Crippen molar-refractivity contribution in [3.8, 4) is 21.7 Å². The minimum Gasteiger partial charge on any atom is -0.367 e. The molecule has 86 valence electrons. The molecule has 0 amide bonds. The topological polar surface area (TPSA) is 52.0 Å². The summed E-state index contributed by atoms with van der Waals surface area (Å²) in [5.41, 5.74) is 8.54. The first-order valence-electron chi connectivity index (χ1n) is 4.79. The largest absolute Gasteiger partial charge is 0.367 e. The Morgan fingerprint density at radius 2 is 2.24 bits per heavy atom. The van der Waals surface area contributed by atoms with E-state index < -0.39 is 0 Å². The van der Waals surface area contributed by atoms with Gasteiger partial charge < -0.3 is 10.3 Å². The van der Waals surface area contributed by atoms with Gasteiger partial charge in [0.05, 0.1) is 9.35 Å². The molecule has 0 aliphatic rings. The van der Waals surface area contributed by atoms with E-state index in [0.717, 1.165) is 25.5 Å². The second-order valence-electron chi connectivity index (χ2n) is 3.39. The van der Waals surface area contributed by atoms with Gasteiger partial charge in [-0.2, -0.15) is 0 Å². The first kappa shape index (κ1) is 11.0. The van der Waals surface area contributed by atoms with E-state index >= 15 is 0 Å². The minimum atomic E-state index is 0.366. The molecule has 0 bridgehead atoms. The zero-order valence-corrected chi connectivity index (χ0v) is 11.7. The fraction of sp³-hybridized carbons (Fsp3) is 0. The summed E-state index contributed by atoms with van der Waals surface area (Å²) in [7, 11) is 0. The van der Waals surface area contributed by atoms with Gasteiger partial charge in [-0.15, -0.1) is 22.7 Å². The van der Waals surface area contributed by atoms with Gasteiger partial charge in [0.15, 0.2) is 0 Å². The highest BCUT2D eigenvalue weighted by Crippen LogP contribution is 2.40. The molecule has 0 aliphatic carbocycles. The summed E-state index contributed by atoms with van der Waals surface area (Å²) in [6.45, 7) is 0. The van der Waals surface area contributed by atoms with Gasteiger partial charge in [-0.3, -0.25) is 0 Å². The summed E-state index contributed by atoms with van der Waals surface area (Å²) in [6, 6.07) is 6.01. The highest BCUT2D eigenvalue weighted by molar-refractivity contribution is 9.11. The first-order chi connectivity index (χ1) is 8.25. The zero-order valence-electron chi connectivity index (χ0n) is 8.51. The van der Waals surface area contributed by atoms with E-state index in [9.17, 15) is 0 Å². The minimum absolute atomic E-state index is 0.366. The number of aromatic nitrogens is 1. The maximum absolute atomic E-state index is 5.85. The second kappa shape index (κ2) is 4.29. The van der Waals surface area contributed by atoms with Crippen LogP contribution < -0.4 is 5.73 Å². The van der Waals surface area contributed by atoms with Gasteiger partial charge in [0.2, 0.25) is 5.88 Å². The lowest BCUT2D eigenvalue weighted by Gasteiger charge is -1.96. The lowest BCUT2D eigenvalue weighted by Crippen LogP contribution is -1.84. The lowest BCUT2D eigenvalue weighted by molar-refractivity contribution is 0.439. The van der Waals surface area contributed by atoms with E-state index in [4.69, 9.17) is 10.3 Å². The fourth-order valence-corrected chi connectivity index (χ4v) is 3.51. The Hall–Kier alpha value is -1.11. The Labute approximate surface area is 114 Å². The van der Waals surface area contributed by atoms with Crippen molar-refractivity contribution in [2.75, 3.05) is 5.73 Å². The van der Waals surface area contributed by atoms with E-state index in [1.807, 2.05) is 29.0 Å². The van der Waals surface area contributed by atoms with Crippen LogP contribution in [-0.4, -0.2) is 5.16 Å². The Bertz CT molecular complexity index is 642. The van der Waals surface area contributed by atoms with Crippen LogP contribution in [0.15, 0.2) is 37.3 Å². The third-order valence-corrected chi connectivity index (χ3v) is 4.72. The number of hydrogen-bond donors (Lipinski definition) is 1. The monoisotopic (exact) mass is 326 g/mol. The molecule has 0 saturated heterocycles. The Morgan fingerprint density at radius 3 is 2.88 bits per heavy atom. The molecule has 3 aromatic rings. The maximum atomic E-state index is 5.85. The molecule has 0 aliphatic heterocycles. The van der Waals surface area contributed by atoms with E-state index in [2.05, 4.69) is 21.1 Å². The highest BCUT2D eigenvalue weighted by atomic mass is 79.9. The van der Waals surface area contributed by atoms with Crippen LogP contribution in [-0.2, 0) is 0 Å². The number of thiophene rings is 2. The standard InChI is InChI=1S/C11H7BrN2OS2/c12-8-4-6(5-17-8)10-9(11(13)15-14-10)7-2-1-3-16-7/h1-5H,13H2. The average Bonchev–Trinajstić information content (AvgIpc) is 2.97. The average molecular weight is 327 g/mol. The molecule has 17 heavy (non-hydrogen) atoms. The van der Waals surface area contributed by atoms with Crippen LogP contribution in [0.2, 0.25) is 0 Å². The zero-order chi connectivity index (χ0) is 11.8. The predicted molar refractivity (Wildman–Crippen MR) is 75.2 cm³/mol. The SMILES string of the molecule is Nc1onc(-c2csc(Br)c2)c1-c1cccs1. The van der Waals surface area contributed by atoms with Crippen molar-refractivity contribution >= 4 is 44.5 Å². The number of halogens is 1. The molecular weight excluding hydrogens is 320 g/mol. The van der Waals surface area contributed by atoms with Crippen LogP contribution in [0.25, 0.3) is 21.7 Å². The van der Waals surface area contributed by atoms with Crippen molar-refractivity contribution in [3.63, 3.8) is 0 Å².